The van der Waals surface area contributed by atoms with E-state index in [-0.39, 0.29) is 18.7 Å². The molecule has 0 radical (unpaired) electrons. The van der Waals surface area contributed by atoms with Crippen LogP contribution in [0, 0.1) is 0 Å². The molecule has 1 atom stereocenters. The number of nitrogens with one attached hydrogen (secondary N) is 1. The zero-order valence-electron chi connectivity index (χ0n) is 17.3. The van der Waals surface area contributed by atoms with Gasteiger partial charge < -0.3 is 9.30 Å². The summed E-state index contributed by atoms with van der Waals surface area (Å²) in [6.45, 7) is 0.724. The molecule has 2 heterocycles. The number of hydrogen-bond acceptors (Lipinski definition) is 4. The maximum Gasteiger partial charge on any atom is 0.208 e. The molecule has 0 saturated heterocycles. The van der Waals surface area contributed by atoms with Crippen molar-refractivity contribution < 1.29 is 13.2 Å². The number of ether oxygens (including phenoxy) is 1. The van der Waals surface area contributed by atoms with Crippen molar-refractivity contribution in [2.24, 2.45) is 0 Å². The molecule has 7 heteroatoms. The summed E-state index contributed by atoms with van der Waals surface area (Å²) < 4.78 is 34.3. The number of fused-ring (bicyclic) bond motifs is 1. The molecule has 3 aromatic rings. The van der Waals surface area contributed by atoms with Crippen LogP contribution < -0.4 is 4.72 Å². The zero-order valence-corrected chi connectivity index (χ0v) is 18.1. The Bertz CT molecular complexity index is 1060. The first kappa shape index (κ1) is 21.0. The summed E-state index contributed by atoms with van der Waals surface area (Å²) in [6, 6.07) is 16.4. The lowest BCUT2D eigenvalue weighted by molar-refractivity contribution is 0.00842. The van der Waals surface area contributed by atoms with Crippen molar-refractivity contribution in [3.05, 3.63) is 66.5 Å². The number of benzene rings is 1. The number of hydrogen-bond donors (Lipinski definition) is 1. The van der Waals surface area contributed by atoms with Gasteiger partial charge in [0.2, 0.25) is 10.0 Å². The molecule has 1 aliphatic rings. The van der Waals surface area contributed by atoms with E-state index in [1.54, 1.807) is 6.20 Å². The highest BCUT2D eigenvalue weighted by molar-refractivity contribution is 7.88. The van der Waals surface area contributed by atoms with Gasteiger partial charge in [-0.1, -0.05) is 30.3 Å². The van der Waals surface area contributed by atoms with Crippen molar-refractivity contribution in [1.29, 1.82) is 0 Å². The summed E-state index contributed by atoms with van der Waals surface area (Å²) in [4.78, 5) is 4.47. The van der Waals surface area contributed by atoms with Crippen LogP contribution in [0.1, 0.15) is 43.2 Å². The first-order valence-electron chi connectivity index (χ1n) is 10.5. The molecule has 1 N–H and O–H groups in total. The van der Waals surface area contributed by atoms with E-state index in [0.29, 0.717) is 12.5 Å². The van der Waals surface area contributed by atoms with Crippen molar-refractivity contribution in [2.45, 2.75) is 43.7 Å². The Labute approximate surface area is 178 Å². The van der Waals surface area contributed by atoms with Gasteiger partial charge in [0, 0.05) is 24.3 Å². The van der Waals surface area contributed by atoms with Crippen LogP contribution in [0.4, 0.5) is 0 Å². The van der Waals surface area contributed by atoms with E-state index in [2.05, 4.69) is 40.0 Å². The molecule has 0 amide bonds. The maximum atomic E-state index is 11.7. The van der Waals surface area contributed by atoms with Gasteiger partial charge in [-0.3, -0.25) is 0 Å². The predicted octanol–water partition coefficient (Wildman–Crippen LogP) is 3.87. The van der Waals surface area contributed by atoms with Gasteiger partial charge in [0.15, 0.2) is 0 Å². The number of sulfonamides is 1. The van der Waals surface area contributed by atoms with E-state index in [4.69, 9.17) is 4.74 Å². The third-order valence-corrected chi connectivity index (χ3v) is 6.61. The molecule has 0 aliphatic heterocycles. The lowest BCUT2D eigenvalue weighted by atomic mass is 9.83. The van der Waals surface area contributed by atoms with E-state index >= 15 is 0 Å². The minimum Gasteiger partial charge on any atom is -0.376 e. The lowest BCUT2D eigenvalue weighted by Gasteiger charge is -2.30. The summed E-state index contributed by atoms with van der Waals surface area (Å²) in [5.41, 5.74) is 2.25. The monoisotopic (exact) mass is 427 g/mol. The Kier molecular flexibility index (Phi) is 6.51. The smallest absolute Gasteiger partial charge is 0.208 e. The summed E-state index contributed by atoms with van der Waals surface area (Å²) in [5, 5.41) is 1.03. The molecule has 0 bridgehead atoms. The molecule has 0 spiro atoms. The molecule has 4 rings (SSSR count). The van der Waals surface area contributed by atoms with E-state index in [1.807, 2.05) is 29.0 Å². The normalized spacial score (nSPS) is 21.0. The van der Waals surface area contributed by atoms with Gasteiger partial charge in [0.25, 0.3) is 0 Å². The fraction of sp³-hybridized carbons (Fsp3) is 0.435. The molecule has 160 valence electrons. The highest BCUT2D eigenvalue weighted by Gasteiger charge is 2.24. The van der Waals surface area contributed by atoms with Gasteiger partial charge in [0.1, 0.15) is 5.65 Å². The quantitative estimate of drug-likeness (QED) is 0.592. The molecular weight excluding hydrogens is 398 g/mol. The first-order valence-corrected chi connectivity index (χ1v) is 12.4. The first-order chi connectivity index (χ1) is 14.5. The van der Waals surface area contributed by atoms with Gasteiger partial charge >= 0.3 is 0 Å². The van der Waals surface area contributed by atoms with Crippen LogP contribution in [0.25, 0.3) is 11.0 Å². The van der Waals surface area contributed by atoms with Crippen LogP contribution in [-0.4, -0.2) is 43.5 Å². The molecule has 30 heavy (non-hydrogen) atoms. The molecule has 6 nitrogen and oxygen atoms in total. The molecule has 1 saturated carbocycles. The topological polar surface area (TPSA) is 73.2 Å². The Morgan fingerprint density at radius 2 is 1.87 bits per heavy atom. The largest absolute Gasteiger partial charge is 0.376 e. The van der Waals surface area contributed by atoms with E-state index in [1.165, 1.54) is 11.8 Å². The number of aromatic nitrogens is 2. The molecule has 1 aliphatic carbocycles. The molecular formula is C23H29N3O3S. The van der Waals surface area contributed by atoms with Crippen molar-refractivity contribution in [1.82, 2.24) is 14.3 Å². The van der Waals surface area contributed by atoms with Crippen LogP contribution in [0.3, 0.4) is 0 Å². The lowest BCUT2D eigenvalue weighted by Crippen LogP contribution is -2.33. The molecule has 1 unspecified atom stereocenters. The summed E-state index contributed by atoms with van der Waals surface area (Å²) in [6.07, 6.45) is 9.40. The predicted molar refractivity (Wildman–Crippen MR) is 119 cm³/mol. The summed E-state index contributed by atoms with van der Waals surface area (Å²) >= 11 is 0. The average molecular weight is 428 g/mol. The highest BCUT2D eigenvalue weighted by Crippen LogP contribution is 2.34. The number of nitrogens with zero attached hydrogens (tertiary/aromatic N) is 2. The molecule has 1 aromatic carbocycles. The maximum absolute atomic E-state index is 11.7. The second kappa shape index (κ2) is 9.29. The van der Waals surface area contributed by atoms with Gasteiger partial charge in [0.05, 0.1) is 25.0 Å². The van der Waals surface area contributed by atoms with Crippen LogP contribution >= 0.6 is 0 Å². The summed E-state index contributed by atoms with van der Waals surface area (Å²) in [5.74, 6) is 0.603. The van der Waals surface area contributed by atoms with Gasteiger partial charge in [-0.25, -0.2) is 18.1 Å². The Balaban J connectivity index is 1.40. The third kappa shape index (κ3) is 5.28. The second-order valence-corrected chi connectivity index (χ2v) is 9.96. The molecule has 1 fully saturated rings. The van der Waals surface area contributed by atoms with E-state index < -0.39 is 10.0 Å². The van der Waals surface area contributed by atoms with Crippen LogP contribution in [-0.2, 0) is 14.8 Å². The van der Waals surface area contributed by atoms with Gasteiger partial charge in [-0.2, -0.15) is 0 Å². The van der Waals surface area contributed by atoms with E-state index in [0.717, 1.165) is 36.7 Å². The Hall–Kier alpha value is -2.22. The fourth-order valence-electron chi connectivity index (χ4n) is 4.30. The zero-order chi connectivity index (χ0) is 21.0. The van der Waals surface area contributed by atoms with Gasteiger partial charge in [-0.15, -0.1) is 0 Å². The number of pyridine rings is 1. The van der Waals surface area contributed by atoms with Crippen molar-refractivity contribution >= 4 is 21.1 Å². The molecule has 2 aromatic heterocycles. The average Bonchev–Trinajstić information content (AvgIpc) is 3.18. The SMILES string of the molecule is CS(=O)(=O)NCC(COC1CCC(c2ccccc2)CC1)n1ccc2cccnc21. The van der Waals surface area contributed by atoms with Gasteiger partial charge in [-0.05, 0) is 55.4 Å². The van der Waals surface area contributed by atoms with Crippen molar-refractivity contribution in [3.63, 3.8) is 0 Å². The van der Waals surface area contributed by atoms with Crippen molar-refractivity contribution in [3.8, 4) is 0 Å². The highest BCUT2D eigenvalue weighted by atomic mass is 32.2. The Morgan fingerprint density at radius 3 is 2.60 bits per heavy atom. The fourth-order valence-corrected chi connectivity index (χ4v) is 4.80. The summed E-state index contributed by atoms with van der Waals surface area (Å²) in [7, 11) is -3.28. The van der Waals surface area contributed by atoms with Crippen LogP contribution in [0.2, 0.25) is 0 Å². The van der Waals surface area contributed by atoms with Crippen LogP contribution in [0.15, 0.2) is 60.9 Å². The standard InChI is InChI=1S/C23H29N3O3S/c1-30(27,28)25-16-21(26-15-13-20-8-5-14-24-23(20)26)17-29-22-11-9-19(10-12-22)18-6-3-2-4-7-18/h2-8,13-15,19,21-22,25H,9-12,16-17H2,1H3. The minimum atomic E-state index is -3.28. The number of rotatable bonds is 8. The second-order valence-electron chi connectivity index (χ2n) is 8.13. The minimum absolute atomic E-state index is 0.154. The van der Waals surface area contributed by atoms with Crippen LogP contribution in [0.5, 0.6) is 0 Å². The Morgan fingerprint density at radius 1 is 1.10 bits per heavy atom. The van der Waals surface area contributed by atoms with Crippen molar-refractivity contribution in [2.75, 3.05) is 19.4 Å². The van der Waals surface area contributed by atoms with E-state index in [9.17, 15) is 8.42 Å². The third-order valence-electron chi connectivity index (χ3n) is 5.92.